The molecule has 1 saturated carbocycles. The van der Waals surface area contributed by atoms with Gasteiger partial charge in [-0.25, -0.2) is 0 Å². The average molecular weight is 277 g/mol. The van der Waals surface area contributed by atoms with Crippen molar-refractivity contribution in [2.45, 2.75) is 51.0 Å². The number of alkyl halides is 6. The number of nitrogens with one attached hydrogen (secondary N) is 1. The van der Waals surface area contributed by atoms with Gasteiger partial charge in [-0.1, -0.05) is 19.8 Å². The first-order chi connectivity index (χ1) is 8.16. The SMILES string of the molecule is CCCNC(CC1CC1)C(C(F)(F)F)C(F)(F)F. The van der Waals surface area contributed by atoms with Gasteiger partial charge in [-0.3, -0.25) is 0 Å². The standard InChI is InChI=1S/C11H17F6N/c1-2-5-18-8(6-7-3-4-7)9(10(12,13)14)11(15,16)17/h7-9,18H,2-6H2,1H3. The summed E-state index contributed by atoms with van der Waals surface area (Å²) in [6.45, 7) is 1.87. The molecule has 1 aliphatic carbocycles. The van der Waals surface area contributed by atoms with Crippen molar-refractivity contribution in [1.29, 1.82) is 0 Å². The lowest BCUT2D eigenvalue weighted by atomic mass is 9.93. The summed E-state index contributed by atoms with van der Waals surface area (Å²) in [5, 5.41) is 2.41. The van der Waals surface area contributed by atoms with E-state index in [4.69, 9.17) is 0 Å². The van der Waals surface area contributed by atoms with Crippen molar-refractivity contribution in [3.8, 4) is 0 Å². The minimum Gasteiger partial charge on any atom is -0.313 e. The Morgan fingerprint density at radius 3 is 1.89 bits per heavy atom. The van der Waals surface area contributed by atoms with Crippen LogP contribution in [0.2, 0.25) is 0 Å². The topological polar surface area (TPSA) is 12.0 Å². The maximum Gasteiger partial charge on any atom is 0.401 e. The monoisotopic (exact) mass is 277 g/mol. The molecule has 0 aliphatic heterocycles. The molecule has 1 aliphatic rings. The smallest absolute Gasteiger partial charge is 0.313 e. The fraction of sp³-hybridized carbons (Fsp3) is 1.00. The van der Waals surface area contributed by atoms with E-state index in [0.717, 1.165) is 12.8 Å². The van der Waals surface area contributed by atoms with Crippen LogP contribution in [-0.4, -0.2) is 24.9 Å². The summed E-state index contributed by atoms with van der Waals surface area (Å²) in [5.41, 5.74) is 0. The molecular formula is C11H17F6N. The lowest BCUT2D eigenvalue weighted by molar-refractivity contribution is -0.292. The van der Waals surface area contributed by atoms with E-state index in [-0.39, 0.29) is 18.9 Å². The second kappa shape index (κ2) is 5.67. The van der Waals surface area contributed by atoms with E-state index >= 15 is 0 Å². The van der Waals surface area contributed by atoms with Gasteiger partial charge in [0.2, 0.25) is 0 Å². The van der Waals surface area contributed by atoms with Gasteiger partial charge in [-0.15, -0.1) is 0 Å². The Morgan fingerprint density at radius 2 is 1.56 bits per heavy atom. The molecular weight excluding hydrogens is 260 g/mol. The molecule has 1 N–H and O–H groups in total. The molecule has 108 valence electrons. The highest BCUT2D eigenvalue weighted by Gasteiger charge is 2.60. The first kappa shape index (κ1) is 15.6. The van der Waals surface area contributed by atoms with E-state index in [1.807, 2.05) is 0 Å². The molecule has 1 fully saturated rings. The van der Waals surface area contributed by atoms with Crippen molar-refractivity contribution >= 4 is 0 Å². The zero-order valence-corrected chi connectivity index (χ0v) is 10.0. The van der Waals surface area contributed by atoms with E-state index in [9.17, 15) is 26.3 Å². The van der Waals surface area contributed by atoms with Gasteiger partial charge in [0, 0.05) is 6.04 Å². The molecule has 18 heavy (non-hydrogen) atoms. The largest absolute Gasteiger partial charge is 0.401 e. The summed E-state index contributed by atoms with van der Waals surface area (Å²) >= 11 is 0. The van der Waals surface area contributed by atoms with E-state index in [2.05, 4.69) is 5.32 Å². The molecule has 0 aromatic rings. The number of rotatable bonds is 6. The molecule has 0 aromatic carbocycles. The van der Waals surface area contributed by atoms with Gasteiger partial charge in [0.05, 0.1) is 0 Å². The second-order valence-electron chi connectivity index (χ2n) is 4.80. The third-order valence-corrected chi connectivity index (χ3v) is 3.05. The summed E-state index contributed by atoms with van der Waals surface area (Å²) < 4.78 is 75.6. The molecule has 1 nitrogen and oxygen atoms in total. The molecule has 0 radical (unpaired) electrons. The van der Waals surface area contributed by atoms with E-state index in [1.54, 1.807) is 6.92 Å². The molecule has 0 heterocycles. The second-order valence-corrected chi connectivity index (χ2v) is 4.80. The van der Waals surface area contributed by atoms with Crippen molar-refractivity contribution in [2.75, 3.05) is 6.54 Å². The maximum atomic E-state index is 12.6. The van der Waals surface area contributed by atoms with Crippen LogP contribution in [0.15, 0.2) is 0 Å². The Morgan fingerprint density at radius 1 is 1.06 bits per heavy atom. The summed E-state index contributed by atoms with van der Waals surface area (Å²) in [7, 11) is 0. The van der Waals surface area contributed by atoms with Crippen molar-refractivity contribution in [3.05, 3.63) is 0 Å². The number of hydrogen-bond donors (Lipinski definition) is 1. The molecule has 1 rings (SSSR count). The van der Waals surface area contributed by atoms with Crippen molar-refractivity contribution in [1.82, 2.24) is 5.32 Å². The van der Waals surface area contributed by atoms with Crippen LogP contribution in [0.5, 0.6) is 0 Å². The first-order valence-electron chi connectivity index (χ1n) is 6.03. The van der Waals surface area contributed by atoms with Gasteiger partial charge in [0.15, 0.2) is 5.92 Å². The van der Waals surface area contributed by atoms with Crippen LogP contribution in [0.25, 0.3) is 0 Å². The summed E-state index contributed by atoms with van der Waals surface area (Å²) in [5.74, 6) is -3.26. The van der Waals surface area contributed by atoms with E-state index in [0.29, 0.717) is 6.42 Å². The molecule has 0 saturated heterocycles. The van der Waals surface area contributed by atoms with Crippen molar-refractivity contribution in [3.63, 3.8) is 0 Å². The van der Waals surface area contributed by atoms with Gasteiger partial charge < -0.3 is 5.32 Å². The Kier molecular flexibility index (Phi) is 4.91. The quantitative estimate of drug-likeness (QED) is 0.726. The predicted molar refractivity (Wildman–Crippen MR) is 55.0 cm³/mol. The Balaban J connectivity index is 2.80. The average Bonchev–Trinajstić information content (AvgIpc) is 2.93. The third-order valence-electron chi connectivity index (χ3n) is 3.05. The van der Waals surface area contributed by atoms with Crippen LogP contribution in [0.4, 0.5) is 26.3 Å². The molecule has 0 aromatic heterocycles. The van der Waals surface area contributed by atoms with Gasteiger partial charge in [-0.05, 0) is 25.3 Å². The molecule has 0 bridgehead atoms. The maximum absolute atomic E-state index is 12.6. The fourth-order valence-corrected chi connectivity index (χ4v) is 2.02. The summed E-state index contributed by atoms with van der Waals surface area (Å²) in [6, 6.07) is -1.56. The lowest BCUT2D eigenvalue weighted by Gasteiger charge is -2.31. The highest BCUT2D eigenvalue weighted by atomic mass is 19.4. The van der Waals surface area contributed by atoms with Crippen molar-refractivity contribution < 1.29 is 26.3 Å². The van der Waals surface area contributed by atoms with Crippen LogP contribution >= 0.6 is 0 Å². The molecule has 0 spiro atoms. The highest BCUT2D eigenvalue weighted by molar-refractivity contribution is 4.91. The number of halogens is 6. The molecule has 0 amide bonds. The lowest BCUT2D eigenvalue weighted by Crippen LogP contribution is -2.51. The van der Waals surface area contributed by atoms with Gasteiger partial charge in [-0.2, -0.15) is 26.3 Å². The predicted octanol–water partition coefficient (Wildman–Crippen LogP) is 3.90. The summed E-state index contributed by atoms with van der Waals surface area (Å²) in [4.78, 5) is 0. The molecule has 1 atom stereocenters. The zero-order chi connectivity index (χ0) is 14.0. The fourth-order valence-electron chi connectivity index (χ4n) is 2.02. The van der Waals surface area contributed by atoms with Crippen LogP contribution in [0.1, 0.15) is 32.6 Å². The van der Waals surface area contributed by atoms with Crippen molar-refractivity contribution in [2.24, 2.45) is 11.8 Å². The Hall–Kier alpha value is -0.460. The Labute approximate surface area is 102 Å². The summed E-state index contributed by atoms with van der Waals surface area (Å²) in [6.07, 6.45) is -8.59. The minimum atomic E-state index is -5.25. The van der Waals surface area contributed by atoms with Crippen LogP contribution in [-0.2, 0) is 0 Å². The van der Waals surface area contributed by atoms with Gasteiger partial charge in [0.1, 0.15) is 0 Å². The van der Waals surface area contributed by atoms with Crippen LogP contribution < -0.4 is 5.32 Å². The zero-order valence-electron chi connectivity index (χ0n) is 10.0. The minimum absolute atomic E-state index is 0.00607. The number of hydrogen-bond acceptors (Lipinski definition) is 1. The van der Waals surface area contributed by atoms with Crippen LogP contribution in [0, 0.1) is 11.8 Å². The van der Waals surface area contributed by atoms with Crippen LogP contribution in [0.3, 0.4) is 0 Å². The normalized spacial score (nSPS) is 19.3. The first-order valence-corrected chi connectivity index (χ1v) is 6.03. The molecule has 1 unspecified atom stereocenters. The van der Waals surface area contributed by atoms with Gasteiger partial charge in [0.25, 0.3) is 0 Å². The van der Waals surface area contributed by atoms with Gasteiger partial charge >= 0.3 is 12.4 Å². The third kappa shape index (κ3) is 4.66. The highest BCUT2D eigenvalue weighted by Crippen LogP contribution is 2.45. The Bertz CT molecular complexity index is 241. The van der Waals surface area contributed by atoms with E-state index in [1.165, 1.54) is 0 Å². The van der Waals surface area contributed by atoms with E-state index < -0.39 is 24.3 Å². The molecule has 7 heteroatoms.